The van der Waals surface area contributed by atoms with Gasteiger partial charge in [-0.05, 0) is 60.5 Å². The van der Waals surface area contributed by atoms with Crippen molar-refractivity contribution in [1.82, 2.24) is 9.97 Å². The van der Waals surface area contributed by atoms with Crippen LogP contribution in [0.4, 0.5) is 0 Å². The summed E-state index contributed by atoms with van der Waals surface area (Å²) >= 11 is 3.26. The molecule has 2 aromatic rings. The number of ether oxygens (including phenoxy) is 3. The van der Waals surface area contributed by atoms with Crippen molar-refractivity contribution in [3.05, 3.63) is 52.8 Å². The summed E-state index contributed by atoms with van der Waals surface area (Å²) in [7, 11) is 3.15. The first-order chi connectivity index (χ1) is 12.2. The molecule has 6 nitrogen and oxygen atoms in total. The van der Waals surface area contributed by atoms with E-state index in [1.165, 1.54) is 6.08 Å². The van der Waals surface area contributed by atoms with Crippen LogP contribution in [0.3, 0.4) is 0 Å². The van der Waals surface area contributed by atoms with E-state index < -0.39 is 5.60 Å². The van der Waals surface area contributed by atoms with E-state index >= 15 is 0 Å². The van der Waals surface area contributed by atoms with Crippen molar-refractivity contribution in [3.63, 3.8) is 0 Å². The fourth-order valence-corrected chi connectivity index (χ4v) is 1.83. The van der Waals surface area contributed by atoms with Gasteiger partial charge in [0.2, 0.25) is 11.8 Å². The van der Waals surface area contributed by atoms with Crippen LogP contribution >= 0.6 is 15.9 Å². The third-order valence-electron chi connectivity index (χ3n) is 2.70. The van der Waals surface area contributed by atoms with Crippen molar-refractivity contribution >= 4 is 28.0 Å². The molecule has 2 aromatic heterocycles. The Morgan fingerprint density at radius 3 is 2.00 bits per heavy atom. The fourth-order valence-electron chi connectivity index (χ4n) is 1.59. The van der Waals surface area contributed by atoms with Gasteiger partial charge in [-0.3, -0.25) is 0 Å². The van der Waals surface area contributed by atoms with Crippen LogP contribution in [-0.2, 0) is 9.53 Å². The van der Waals surface area contributed by atoms with Gasteiger partial charge in [0, 0.05) is 35.1 Å². The molecule has 7 heteroatoms. The minimum Gasteiger partial charge on any atom is -0.481 e. The Labute approximate surface area is 162 Å². The van der Waals surface area contributed by atoms with Crippen LogP contribution in [-0.4, -0.2) is 35.8 Å². The highest BCUT2D eigenvalue weighted by Crippen LogP contribution is 2.11. The zero-order valence-electron chi connectivity index (χ0n) is 15.5. The third-order valence-corrected chi connectivity index (χ3v) is 3.17. The first-order valence-electron chi connectivity index (χ1n) is 7.80. The fraction of sp³-hybridized carbons (Fsp3) is 0.316. The minimum atomic E-state index is -0.473. The van der Waals surface area contributed by atoms with Crippen LogP contribution in [0.2, 0.25) is 0 Å². The second-order valence-electron chi connectivity index (χ2n) is 6.02. The molecule has 0 saturated carbocycles. The molecule has 0 bridgehead atoms. The van der Waals surface area contributed by atoms with Crippen LogP contribution < -0.4 is 9.47 Å². The summed E-state index contributed by atoms with van der Waals surface area (Å²) in [6.07, 6.45) is 6.35. The van der Waals surface area contributed by atoms with Gasteiger partial charge in [-0.1, -0.05) is 0 Å². The molecule has 2 rings (SSSR count). The Bertz CT molecular complexity index is 708. The van der Waals surface area contributed by atoms with Crippen LogP contribution in [0.25, 0.3) is 6.08 Å². The van der Waals surface area contributed by atoms with E-state index in [4.69, 9.17) is 14.2 Å². The molecule has 0 saturated heterocycles. The molecule has 140 valence electrons. The van der Waals surface area contributed by atoms with Gasteiger partial charge in [-0.25, -0.2) is 14.8 Å². The van der Waals surface area contributed by atoms with E-state index in [0.29, 0.717) is 11.8 Å². The van der Waals surface area contributed by atoms with Gasteiger partial charge >= 0.3 is 5.97 Å². The van der Waals surface area contributed by atoms with Crippen molar-refractivity contribution in [3.8, 4) is 11.8 Å². The molecular weight excluding hydrogens is 400 g/mol. The Morgan fingerprint density at radius 1 is 1.00 bits per heavy atom. The van der Waals surface area contributed by atoms with Gasteiger partial charge < -0.3 is 14.2 Å². The van der Waals surface area contributed by atoms with Crippen molar-refractivity contribution in [2.45, 2.75) is 26.4 Å². The summed E-state index contributed by atoms with van der Waals surface area (Å²) in [6.45, 7) is 5.48. The normalized spacial score (nSPS) is 10.7. The Morgan fingerprint density at radius 2 is 1.58 bits per heavy atom. The maximum absolute atomic E-state index is 11.4. The van der Waals surface area contributed by atoms with Gasteiger partial charge in [0.25, 0.3) is 0 Å². The first-order valence-corrected chi connectivity index (χ1v) is 8.59. The summed E-state index contributed by atoms with van der Waals surface area (Å²) in [4.78, 5) is 19.4. The number of hydrogen-bond acceptors (Lipinski definition) is 6. The Kier molecular flexibility index (Phi) is 8.78. The van der Waals surface area contributed by atoms with Gasteiger partial charge in [0.05, 0.1) is 14.2 Å². The molecule has 0 aromatic carbocycles. The molecule has 0 aliphatic rings. The number of aromatic nitrogens is 2. The lowest BCUT2D eigenvalue weighted by atomic mass is 10.2. The lowest BCUT2D eigenvalue weighted by molar-refractivity contribution is -0.148. The second-order valence-corrected chi connectivity index (χ2v) is 6.94. The van der Waals surface area contributed by atoms with Gasteiger partial charge in [0.15, 0.2) is 0 Å². The number of methoxy groups -OCH3 is 2. The number of rotatable bonds is 4. The standard InChI is InChI=1S/C13H17NO3.C6H6BrNO/c1-13(2,3)17-12(15)8-6-10-5-7-11(16-4)14-9-10;1-9-6-3-2-5(7)4-8-6/h5-9H,1-4H3;2-4H,1H3/b8-6+;. The lowest BCUT2D eigenvalue weighted by Crippen LogP contribution is -2.22. The molecule has 0 atom stereocenters. The summed E-state index contributed by atoms with van der Waals surface area (Å²) in [6, 6.07) is 7.22. The van der Waals surface area contributed by atoms with Crippen LogP contribution in [0.5, 0.6) is 11.8 Å². The highest BCUT2D eigenvalue weighted by molar-refractivity contribution is 9.10. The van der Waals surface area contributed by atoms with Crippen molar-refractivity contribution in [2.75, 3.05) is 14.2 Å². The van der Waals surface area contributed by atoms with Crippen LogP contribution in [0.15, 0.2) is 47.2 Å². The molecule has 2 heterocycles. The van der Waals surface area contributed by atoms with Gasteiger partial charge in [0.1, 0.15) is 5.60 Å². The Hall–Kier alpha value is -2.41. The van der Waals surface area contributed by atoms with Crippen molar-refractivity contribution in [2.24, 2.45) is 0 Å². The first kappa shape index (κ1) is 21.6. The van der Waals surface area contributed by atoms with E-state index in [9.17, 15) is 4.79 Å². The largest absolute Gasteiger partial charge is 0.481 e. The number of halogens is 1. The highest BCUT2D eigenvalue weighted by atomic mass is 79.9. The van der Waals surface area contributed by atoms with Crippen LogP contribution in [0.1, 0.15) is 26.3 Å². The van der Waals surface area contributed by atoms with Crippen LogP contribution in [0, 0.1) is 0 Å². The maximum atomic E-state index is 11.4. The number of esters is 1. The molecule has 0 amide bonds. The average molecular weight is 423 g/mol. The van der Waals surface area contributed by atoms with E-state index in [-0.39, 0.29) is 5.97 Å². The predicted molar refractivity (Wildman–Crippen MR) is 104 cm³/mol. The quantitative estimate of drug-likeness (QED) is 0.540. The molecule has 0 unspecified atom stereocenters. The zero-order valence-corrected chi connectivity index (χ0v) is 17.1. The molecule has 0 spiro atoms. The van der Waals surface area contributed by atoms with Gasteiger partial charge in [-0.15, -0.1) is 0 Å². The third kappa shape index (κ3) is 9.17. The zero-order chi connectivity index (χ0) is 19.6. The second kappa shape index (κ2) is 10.6. The molecule has 0 aliphatic carbocycles. The summed E-state index contributed by atoms with van der Waals surface area (Å²) in [5.74, 6) is 0.811. The van der Waals surface area contributed by atoms with E-state index in [1.807, 2.05) is 32.9 Å². The molecular formula is C19H23BrN2O4. The number of carbonyl (C=O) groups excluding carboxylic acids is 1. The number of hydrogen-bond donors (Lipinski definition) is 0. The number of pyridine rings is 2. The van der Waals surface area contributed by atoms with E-state index in [1.54, 1.807) is 44.8 Å². The average Bonchev–Trinajstić information content (AvgIpc) is 2.60. The SMILES string of the molecule is COc1ccc(/C=C/C(=O)OC(C)(C)C)cn1.COc1ccc(Br)cn1. The topological polar surface area (TPSA) is 70.5 Å². The smallest absolute Gasteiger partial charge is 0.331 e. The molecule has 0 aliphatic heterocycles. The summed E-state index contributed by atoms with van der Waals surface area (Å²) in [5, 5.41) is 0. The number of nitrogens with zero attached hydrogens (tertiary/aromatic N) is 2. The lowest BCUT2D eigenvalue weighted by Gasteiger charge is -2.17. The molecule has 0 radical (unpaired) electrons. The van der Waals surface area contributed by atoms with Crippen molar-refractivity contribution in [1.29, 1.82) is 0 Å². The maximum Gasteiger partial charge on any atom is 0.331 e. The highest BCUT2D eigenvalue weighted by Gasteiger charge is 2.13. The summed E-state index contributed by atoms with van der Waals surface area (Å²) < 4.78 is 15.9. The molecule has 0 fully saturated rings. The Balaban J connectivity index is 0.000000314. The van der Waals surface area contributed by atoms with E-state index in [2.05, 4.69) is 25.9 Å². The van der Waals surface area contributed by atoms with Gasteiger partial charge in [-0.2, -0.15) is 0 Å². The number of carbonyl (C=O) groups is 1. The molecule has 0 N–H and O–H groups in total. The van der Waals surface area contributed by atoms with E-state index in [0.717, 1.165) is 10.0 Å². The predicted octanol–water partition coefficient (Wildman–Crippen LogP) is 4.30. The minimum absolute atomic E-state index is 0.367. The van der Waals surface area contributed by atoms with Crippen molar-refractivity contribution < 1.29 is 19.0 Å². The molecule has 26 heavy (non-hydrogen) atoms. The monoisotopic (exact) mass is 422 g/mol. The summed E-state index contributed by atoms with van der Waals surface area (Å²) in [5.41, 5.74) is 0.344.